The highest BCUT2D eigenvalue weighted by Crippen LogP contribution is 2.30. The van der Waals surface area contributed by atoms with Crippen LogP contribution in [0.15, 0.2) is 0 Å². The van der Waals surface area contributed by atoms with Gasteiger partial charge in [-0.2, -0.15) is 0 Å². The summed E-state index contributed by atoms with van der Waals surface area (Å²) in [6, 6.07) is 1.13. The lowest BCUT2D eigenvalue weighted by Crippen LogP contribution is -2.50. The van der Waals surface area contributed by atoms with Crippen LogP contribution in [-0.2, 0) is 9.53 Å². The second kappa shape index (κ2) is 4.99. The van der Waals surface area contributed by atoms with Crippen molar-refractivity contribution in [2.45, 2.75) is 44.2 Å². The van der Waals surface area contributed by atoms with Crippen molar-refractivity contribution in [2.24, 2.45) is 5.92 Å². The van der Waals surface area contributed by atoms with Crippen LogP contribution >= 0.6 is 12.4 Å². The van der Waals surface area contributed by atoms with Gasteiger partial charge < -0.3 is 10.1 Å². The van der Waals surface area contributed by atoms with Crippen molar-refractivity contribution in [3.05, 3.63) is 0 Å². The molecule has 2 heterocycles. The van der Waals surface area contributed by atoms with Crippen LogP contribution in [0.1, 0.15) is 32.1 Å². The third-order valence-electron chi connectivity index (χ3n) is 3.25. The van der Waals surface area contributed by atoms with E-state index in [0.29, 0.717) is 12.1 Å². The summed E-state index contributed by atoms with van der Waals surface area (Å²) in [5, 5.41) is 3.55. The average molecular weight is 220 g/mol. The van der Waals surface area contributed by atoms with Gasteiger partial charge in [0.25, 0.3) is 0 Å². The quantitative estimate of drug-likeness (QED) is 0.680. The van der Waals surface area contributed by atoms with Gasteiger partial charge >= 0.3 is 5.97 Å². The van der Waals surface area contributed by atoms with E-state index in [1.165, 1.54) is 26.4 Å². The van der Waals surface area contributed by atoms with Crippen LogP contribution in [0.25, 0.3) is 0 Å². The minimum Gasteiger partial charge on any atom is -0.469 e. The summed E-state index contributed by atoms with van der Waals surface area (Å²) in [6.45, 7) is 0. The van der Waals surface area contributed by atoms with Gasteiger partial charge in [0.2, 0.25) is 0 Å². The molecule has 0 spiro atoms. The van der Waals surface area contributed by atoms with E-state index in [9.17, 15) is 4.79 Å². The second-order valence-electron chi connectivity index (χ2n) is 4.18. The molecule has 0 amide bonds. The topological polar surface area (TPSA) is 38.3 Å². The molecule has 1 unspecified atom stereocenters. The van der Waals surface area contributed by atoms with Crippen LogP contribution < -0.4 is 5.32 Å². The Morgan fingerprint density at radius 1 is 1.29 bits per heavy atom. The molecule has 2 fully saturated rings. The van der Waals surface area contributed by atoms with Gasteiger partial charge in [0, 0.05) is 12.1 Å². The zero-order valence-electron chi connectivity index (χ0n) is 8.49. The van der Waals surface area contributed by atoms with Crippen molar-refractivity contribution >= 4 is 18.4 Å². The Hall–Kier alpha value is -0.280. The third kappa shape index (κ3) is 2.39. The Bertz CT molecular complexity index is 198. The van der Waals surface area contributed by atoms with Gasteiger partial charge in [0.1, 0.15) is 0 Å². The van der Waals surface area contributed by atoms with E-state index < -0.39 is 0 Å². The normalized spacial score (nSPS) is 35.6. The fourth-order valence-electron chi connectivity index (χ4n) is 2.62. The first kappa shape index (κ1) is 11.8. The third-order valence-corrected chi connectivity index (χ3v) is 3.25. The molecule has 3 atom stereocenters. The molecular weight excluding hydrogens is 202 g/mol. The number of hydrogen-bond donors (Lipinski definition) is 1. The molecular formula is C10H18ClNO2. The summed E-state index contributed by atoms with van der Waals surface area (Å²) in [5.41, 5.74) is 0. The number of rotatable bonds is 1. The molecule has 2 rings (SSSR count). The van der Waals surface area contributed by atoms with Crippen LogP contribution in [0.4, 0.5) is 0 Å². The molecule has 0 aliphatic carbocycles. The number of nitrogens with one attached hydrogen (secondary N) is 1. The van der Waals surface area contributed by atoms with Crippen molar-refractivity contribution in [3.63, 3.8) is 0 Å². The number of halogens is 1. The van der Waals surface area contributed by atoms with E-state index in [4.69, 9.17) is 4.74 Å². The van der Waals surface area contributed by atoms with E-state index in [0.717, 1.165) is 12.8 Å². The Balaban J connectivity index is 0.000000980. The molecule has 4 heteroatoms. The summed E-state index contributed by atoms with van der Waals surface area (Å²) in [7, 11) is 1.49. The minimum atomic E-state index is -0.0154. The molecule has 0 aromatic rings. The number of carbonyl (C=O) groups excluding carboxylic acids is 1. The number of carbonyl (C=O) groups is 1. The van der Waals surface area contributed by atoms with Crippen LogP contribution in [0.5, 0.6) is 0 Å². The van der Waals surface area contributed by atoms with E-state index in [-0.39, 0.29) is 24.3 Å². The van der Waals surface area contributed by atoms with Crippen molar-refractivity contribution < 1.29 is 9.53 Å². The molecule has 82 valence electrons. The van der Waals surface area contributed by atoms with Gasteiger partial charge in [0.15, 0.2) is 0 Å². The Kier molecular flexibility index (Phi) is 4.20. The van der Waals surface area contributed by atoms with Crippen LogP contribution in [-0.4, -0.2) is 25.2 Å². The van der Waals surface area contributed by atoms with E-state index in [1.54, 1.807) is 0 Å². The zero-order valence-corrected chi connectivity index (χ0v) is 9.31. The van der Waals surface area contributed by atoms with Gasteiger partial charge in [-0.25, -0.2) is 0 Å². The predicted octanol–water partition coefficient (Wildman–Crippen LogP) is 1.50. The average Bonchev–Trinajstić information content (AvgIpc) is 2.16. The van der Waals surface area contributed by atoms with Crippen molar-refractivity contribution in [1.29, 1.82) is 0 Å². The number of methoxy groups -OCH3 is 1. The van der Waals surface area contributed by atoms with Crippen LogP contribution in [0, 0.1) is 5.92 Å². The number of piperidine rings is 2. The van der Waals surface area contributed by atoms with Gasteiger partial charge in [-0.15, -0.1) is 12.4 Å². The van der Waals surface area contributed by atoms with Crippen molar-refractivity contribution in [3.8, 4) is 0 Å². The van der Waals surface area contributed by atoms with Gasteiger partial charge in [-0.05, 0) is 25.7 Å². The molecule has 0 saturated carbocycles. The Morgan fingerprint density at radius 3 is 2.36 bits per heavy atom. The summed E-state index contributed by atoms with van der Waals surface area (Å²) >= 11 is 0. The number of ether oxygens (including phenoxy) is 1. The fraction of sp³-hybridized carbons (Fsp3) is 0.900. The molecule has 2 saturated heterocycles. The summed E-state index contributed by atoms with van der Waals surface area (Å²) in [5.74, 6) is 0.139. The highest BCUT2D eigenvalue weighted by Gasteiger charge is 2.34. The lowest BCUT2D eigenvalue weighted by molar-refractivity contribution is -0.147. The highest BCUT2D eigenvalue weighted by molar-refractivity contribution is 5.85. The summed E-state index contributed by atoms with van der Waals surface area (Å²) in [6.07, 6.45) is 5.72. The fourth-order valence-corrected chi connectivity index (χ4v) is 2.62. The standard InChI is InChI=1S/C10H17NO2.ClH/c1-13-10(12)7-5-8-3-2-4-9(6-7)11-8;/h7-9,11H,2-6H2,1H3;1H/t7?,8-,9+;. The van der Waals surface area contributed by atoms with Gasteiger partial charge in [-0.1, -0.05) is 6.42 Å². The molecule has 0 radical (unpaired) electrons. The number of hydrogen-bond acceptors (Lipinski definition) is 3. The van der Waals surface area contributed by atoms with Gasteiger partial charge in [-0.3, -0.25) is 4.79 Å². The lowest BCUT2D eigenvalue weighted by Gasteiger charge is -2.39. The Morgan fingerprint density at radius 2 is 1.86 bits per heavy atom. The van der Waals surface area contributed by atoms with Crippen molar-refractivity contribution in [2.75, 3.05) is 7.11 Å². The maximum Gasteiger partial charge on any atom is 0.308 e. The van der Waals surface area contributed by atoms with Gasteiger partial charge in [0.05, 0.1) is 13.0 Å². The first-order valence-electron chi connectivity index (χ1n) is 5.13. The number of fused-ring (bicyclic) bond motifs is 2. The Labute approximate surface area is 91.0 Å². The monoisotopic (exact) mass is 219 g/mol. The second-order valence-corrected chi connectivity index (χ2v) is 4.18. The molecule has 0 aromatic heterocycles. The van der Waals surface area contributed by atoms with E-state index in [1.807, 2.05) is 0 Å². The van der Waals surface area contributed by atoms with Crippen LogP contribution in [0.3, 0.4) is 0 Å². The maximum atomic E-state index is 11.3. The van der Waals surface area contributed by atoms with Crippen LogP contribution in [0.2, 0.25) is 0 Å². The minimum absolute atomic E-state index is 0. The zero-order chi connectivity index (χ0) is 9.26. The molecule has 1 N–H and O–H groups in total. The lowest BCUT2D eigenvalue weighted by atomic mass is 9.80. The molecule has 3 nitrogen and oxygen atoms in total. The highest BCUT2D eigenvalue weighted by atomic mass is 35.5. The van der Waals surface area contributed by atoms with Crippen molar-refractivity contribution in [1.82, 2.24) is 5.32 Å². The summed E-state index contributed by atoms with van der Waals surface area (Å²) < 4.78 is 4.79. The van der Waals surface area contributed by atoms with E-state index >= 15 is 0 Å². The molecule has 0 aromatic carbocycles. The SMILES string of the molecule is COC(=O)C1C[C@H]2CCC[C@@H](C1)N2.Cl. The molecule has 2 bridgehead atoms. The molecule has 14 heavy (non-hydrogen) atoms. The largest absolute Gasteiger partial charge is 0.469 e. The van der Waals surface area contributed by atoms with E-state index in [2.05, 4.69) is 5.32 Å². The number of esters is 1. The predicted molar refractivity (Wildman–Crippen MR) is 56.6 cm³/mol. The summed E-state index contributed by atoms with van der Waals surface area (Å²) in [4.78, 5) is 11.3. The smallest absolute Gasteiger partial charge is 0.308 e. The first-order chi connectivity index (χ1) is 6.29. The first-order valence-corrected chi connectivity index (χ1v) is 5.13. The molecule has 2 aliphatic heterocycles. The maximum absolute atomic E-state index is 11.3. The molecule has 2 aliphatic rings.